The van der Waals surface area contributed by atoms with Gasteiger partial charge in [-0.2, -0.15) is 0 Å². The Bertz CT molecular complexity index is 520. The molecular formula is C11H13N3O4. The first-order valence-electron chi connectivity index (χ1n) is 5.37. The summed E-state index contributed by atoms with van der Waals surface area (Å²) in [4.78, 5) is 12.4. The van der Waals surface area contributed by atoms with Crippen molar-refractivity contribution < 1.29 is 18.7 Å². The van der Waals surface area contributed by atoms with Crippen molar-refractivity contribution in [2.45, 2.75) is 19.5 Å². The fourth-order valence-electron chi connectivity index (χ4n) is 1.36. The predicted molar refractivity (Wildman–Crippen MR) is 60.6 cm³/mol. The number of aliphatic carboxylic acids is 1. The molecule has 1 atom stereocenters. The molecule has 0 aliphatic carbocycles. The van der Waals surface area contributed by atoms with Crippen LogP contribution in [0.2, 0.25) is 0 Å². The van der Waals surface area contributed by atoms with Crippen LogP contribution in [0.1, 0.15) is 12.8 Å². The van der Waals surface area contributed by atoms with Gasteiger partial charge >= 0.3 is 5.97 Å². The summed E-state index contributed by atoms with van der Waals surface area (Å²) in [5, 5.41) is 16.5. The van der Waals surface area contributed by atoms with E-state index in [1.54, 1.807) is 31.0 Å². The number of hydrogen-bond acceptors (Lipinski definition) is 6. The lowest BCUT2D eigenvalue weighted by Crippen LogP contribution is -2.35. The number of nitrogens with zero attached hydrogens (tertiary/aromatic N) is 3. The molecule has 7 heteroatoms. The molecule has 0 spiro atoms. The van der Waals surface area contributed by atoms with Gasteiger partial charge in [-0.1, -0.05) is 0 Å². The summed E-state index contributed by atoms with van der Waals surface area (Å²) >= 11 is 0. The molecule has 2 heterocycles. The van der Waals surface area contributed by atoms with Crippen LogP contribution in [0.3, 0.4) is 0 Å². The molecule has 7 nitrogen and oxygen atoms in total. The summed E-state index contributed by atoms with van der Waals surface area (Å²) in [6.07, 6.45) is 1.51. The third-order valence-corrected chi connectivity index (χ3v) is 2.60. The minimum Gasteiger partial charge on any atom is -0.480 e. The first-order valence-corrected chi connectivity index (χ1v) is 5.37. The van der Waals surface area contributed by atoms with Crippen LogP contribution in [-0.4, -0.2) is 39.3 Å². The Hall–Kier alpha value is -2.15. The van der Waals surface area contributed by atoms with Gasteiger partial charge in [-0.15, -0.1) is 10.2 Å². The van der Waals surface area contributed by atoms with Crippen molar-refractivity contribution in [2.24, 2.45) is 0 Å². The number of aromatic nitrogens is 2. The number of rotatable bonds is 5. The van der Waals surface area contributed by atoms with Gasteiger partial charge in [0.2, 0.25) is 5.89 Å². The van der Waals surface area contributed by atoms with Gasteiger partial charge in [-0.3, -0.25) is 9.69 Å². The van der Waals surface area contributed by atoms with Crippen LogP contribution in [0.5, 0.6) is 0 Å². The fraction of sp³-hybridized carbons (Fsp3) is 0.364. The van der Waals surface area contributed by atoms with E-state index < -0.39 is 12.0 Å². The first-order chi connectivity index (χ1) is 8.58. The second kappa shape index (κ2) is 5.01. The van der Waals surface area contributed by atoms with E-state index in [1.807, 2.05) is 0 Å². The molecule has 1 unspecified atom stereocenters. The van der Waals surface area contributed by atoms with Gasteiger partial charge < -0.3 is 13.9 Å². The lowest BCUT2D eigenvalue weighted by Gasteiger charge is -2.18. The molecular weight excluding hydrogens is 238 g/mol. The summed E-state index contributed by atoms with van der Waals surface area (Å²) in [6.45, 7) is 1.85. The lowest BCUT2D eigenvalue weighted by molar-refractivity contribution is -0.142. The standard InChI is InChI=1S/C11H13N3O4/c1-7(11(15)16)14(2)6-9-12-13-10(18-9)8-4-3-5-17-8/h3-5,7H,6H2,1-2H3,(H,15,16). The largest absolute Gasteiger partial charge is 0.480 e. The highest BCUT2D eigenvalue weighted by atomic mass is 16.4. The SMILES string of the molecule is CC(C(=O)O)N(C)Cc1nnc(-c2ccco2)o1. The summed E-state index contributed by atoms with van der Waals surface area (Å²) in [6, 6.07) is 2.81. The molecule has 0 aliphatic rings. The van der Waals surface area contributed by atoms with Gasteiger partial charge in [0.1, 0.15) is 6.04 Å². The summed E-state index contributed by atoms with van der Waals surface area (Å²) < 4.78 is 10.5. The molecule has 0 fully saturated rings. The van der Waals surface area contributed by atoms with Crippen molar-refractivity contribution in [3.8, 4) is 11.7 Å². The van der Waals surface area contributed by atoms with Gasteiger partial charge in [-0.05, 0) is 26.1 Å². The van der Waals surface area contributed by atoms with Gasteiger partial charge in [0.25, 0.3) is 5.89 Å². The molecule has 96 valence electrons. The van der Waals surface area contributed by atoms with E-state index in [2.05, 4.69) is 10.2 Å². The van der Waals surface area contributed by atoms with E-state index in [1.165, 1.54) is 6.26 Å². The normalized spacial score (nSPS) is 12.8. The zero-order chi connectivity index (χ0) is 13.1. The van der Waals surface area contributed by atoms with E-state index in [0.717, 1.165) is 0 Å². The van der Waals surface area contributed by atoms with E-state index in [-0.39, 0.29) is 12.4 Å². The quantitative estimate of drug-likeness (QED) is 0.854. The van der Waals surface area contributed by atoms with Crippen LogP contribution in [0.15, 0.2) is 27.2 Å². The smallest absolute Gasteiger partial charge is 0.320 e. The Labute approximate surface area is 103 Å². The maximum Gasteiger partial charge on any atom is 0.320 e. The van der Waals surface area contributed by atoms with Crippen LogP contribution in [0, 0.1) is 0 Å². The fourth-order valence-corrected chi connectivity index (χ4v) is 1.36. The maximum atomic E-state index is 10.8. The molecule has 0 bridgehead atoms. The highest BCUT2D eigenvalue weighted by Gasteiger charge is 2.19. The third kappa shape index (κ3) is 2.57. The van der Waals surface area contributed by atoms with Crippen LogP contribution in [0.25, 0.3) is 11.7 Å². The average Bonchev–Trinajstić information content (AvgIpc) is 2.96. The number of carboxylic acid groups (broad SMARTS) is 1. The summed E-state index contributed by atoms with van der Waals surface area (Å²) in [5.74, 6) is 0.217. The topological polar surface area (TPSA) is 92.6 Å². The Morgan fingerprint density at radius 2 is 2.33 bits per heavy atom. The van der Waals surface area contributed by atoms with E-state index in [0.29, 0.717) is 11.7 Å². The molecule has 0 radical (unpaired) electrons. The Balaban J connectivity index is 2.05. The number of furan rings is 1. The van der Waals surface area contributed by atoms with Gasteiger partial charge in [0.15, 0.2) is 5.76 Å². The minimum atomic E-state index is -0.900. The van der Waals surface area contributed by atoms with Gasteiger partial charge in [0, 0.05) is 0 Å². The van der Waals surface area contributed by atoms with Gasteiger partial charge in [-0.25, -0.2) is 0 Å². The Kier molecular flexibility index (Phi) is 3.42. The van der Waals surface area contributed by atoms with Crippen molar-refractivity contribution >= 4 is 5.97 Å². The molecule has 18 heavy (non-hydrogen) atoms. The number of hydrogen-bond donors (Lipinski definition) is 1. The molecule has 0 aliphatic heterocycles. The third-order valence-electron chi connectivity index (χ3n) is 2.60. The van der Waals surface area contributed by atoms with E-state index in [4.69, 9.17) is 13.9 Å². The van der Waals surface area contributed by atoms with Crippen molar-refractivity contribution in [1.82, 2.24) is 15.1 Å². The first kappa shape index (κ1) is 12.3. The van der Waals surface area contributed by atoms with Crippen molar-refractivity contribution in [2.75, 3.05) is 7.05 Å². The predicted octanol–water partition coefficient (Wildman–Crippen LogP) is 1.23. The minimum absolute atomic E-state index is 0.265. The maximum absolute atomic E-state index is 10.8. The molecule has 0 saturated carbocycles. The van der Waals surface area contributed by atoms with Crippen LogP contribution < -0.4 is 0 Å². The Morgan fingerprint density at radius 3 is 2.94 bits per heavy atom. The van der Waals surface area contributed by atoms with E-state index in [9.17, 15) is 4.79 Å². The second-order valence-corrected chi connectivity index (χ2v) is 3.91. The van der Waals surface area contributed by atoms with Crippen molar-refractivity contribution in [1.29, 1.82) is 0 Å². The highest BCUT2D eigenvalue weighted by molar-refractivity contribution is 5.72. The summed E-state index contributed by atoms with van der Waals surface area (Å²) in [5.41, 5.74) is 0. The summed E-state index contributed by atoms with van der Waals surface area (Å²) in [7, 11) is 1.68. The van der Waals surface area contributed by atoms with Crippen LogP contribution in [-0.2, 0) is 11.3 Å². The molecule has 2 rings (SSSR count). The zero-order valence-electron chi connectivity index (χ0n) is 10.0. The Morgan fingerprint density at radius 1 is 1.56 bits per heavy atom. The highest BCUT2D eigenvalue weighted by Crippen LogP contribution is 2.18. The van der Waals surface area contributed by atoms with Crippen molar-refractivity contribution in [3.63, 3.8) is 0 Å². The zero-order valence-corrected chi connectivity index (χ0v) is 10.0. The van der Waals surface area contributed by atoms with E-state index >= 15 is 0 Å². The molecule has 0 amide bonds. The number of carboxylic acids is 1. The second-order valence-electron chi connectivity index (χ2n) is 3.91. The monoisotopic (exact) mass is 251 g/mol. The molecule has 2 aromatic heterocycles. The molecule has 2 aromatic rings. The van der Waals surface area contributed by atoms with Crippen LogP contribution in [0.4, 0.5) is 0 Å². The van der Waals surface area contributed by atoms with Crippen LogP contribution >= 0.6 is 0 Å². The molecule has 1 N–H and O–H groups in total. The molecule has 0 aromatic carbocycles. The van der Waals surface area contributed by atoms with Crippen molar-refractivity contribution in [3.05, 3.63) is 24.3 Å². The van der Waals surface area contributed by atoms with Gasteiger partial charge in [0.05, 0.1) is 12.8 Å². The lowest BCUT2D eigenvalue weighted by atomic mass is 10.3. The number of carbonyl (C=O) groups is 1. The molecule has 0 saturated heterocycles. The average molecular weight is 251 g/mol. The number of likely N-dealkylation sites (N-methyl/N-ethyl adjacent to an activating group) is 1.